The van der Waals surface area contributed by atoms with Gasteiger partial charge in [-0.3, -0.25) is 4.79 Å². The lowest BCUT2D eigenvalue weighted by molar-refractivity contribution is 0.0731. The molecule has 8 nitrogen and oxygen atoms in total. The molecule has 1 aliphatic heterocycles. The van der Waals surface area contributed by atoms with Crippen LogP contribution in [-0.2, 0) is 21.3 Å². The molecule has 0 radical (unpaired) electrons. The monoisotopic (exact) mass is 439 g/mol. The Kier molecular flexibility index (Phi) is 5.60. The molecular weight excluding hydrogens is 422 g/mol. The van der Waals surface area contributed by atoms with Crippen LogP contribution >= 0.6 is 22.7 Å². The SMILES string of the molecule is O=C(NCc1ccc(S(=O)(=O)N2CCOCC2)s1)c1cc(-c2cccs2)on1. The molecule has 0 spiro atoms. The number of nitrogens with one attached hydrogen (secondary N) is 1. The van der Waals surface area contributed by atoms with Gasteiger partial charge in [-0.1, -0.05) is 11.2 Å². The van der Waals surface area contributed by atoms with E-state index in [0.717, 1.165) is 21.1 Å². The van der Waals surface area contributed by atoms with Crippen molar-refractivity contribution in [2.75, 3.05) is 26.3 Å². The third-order valence-electron chi connectivity index (χ3n) is 4.13. The minimum atomic E-state index is -3.52. The number of hydrogen-bond acceptors (Lipinski definition) is 8. The number of nitrogens with zero attached hydrogens (tertiary/aromatic N) is 2. The van der Waals surface area contributed by atoms with E-state index in [1.165, 1.54) is 15.6 Å². The summed E-state index contributed by atoms with van der Waals surface area (Å²) in [6, 6.07) is 8.64. The summed E-state index contributed by atoms with van der Waals surface area (Å²) in [5.74, 6) is 0.160. The van der Waals surface area contributed by atoms with Gasteiger partial charge in [0.1, 0.15) is 4.21 Å². The van der Waals surface area contributed by atoms with Crippen molar-refractivity contribution >= 4 is 38.6 Å². The number of sulfonamides is 1. The summed E-state index contributed by atoms with van der Waals surface area (Å²) < 4.78 is 37.4. The average molecular weight is 440 g/mol. The van der Waals surface area contributed by atoms with Crippen LogP contribution in [0.25, 0.3) is 10.6 Å². The van der Waals surface area contributed by atoms with Gasteiger partial charge in [0, 0.05) is 24.0 Å². The normalized spacial score (nSPS) is 15.6. The highest BCUT2D eigenvalue weighted by Gasteiger charge is 2.27. The van der Waals surface area contributed by atoms with Gasteiger partial charge in [0.2, 0.25) is 0 Å². The number of rotatable bonds is 6. The first-order valence-electron chi connectivity index (χ1n) is 8.49. The van der Waals surface area contributed by atoms with E-state index in [4.69, 9.17) is 9.26 Å². The van der Waals surface area contributed by atoms with Crippen molar-refractivity contribution in [3.8, 4) is 10.6 Å². The zero-order chi connectivity index (χ0) is 19.6. The Morgan fingerprint density at radius 3 is 2.82 bits per heavy atom. The summed E-state index contributed by atoms with van der Waals surface area (Å²) in [6.07, 6.45) is 0. The fraction of sp³-hybridized carbons (Fsp3) is 0.294. The van der Waals surface area contributed by atoms with E-state index >= 15 is 0 Å². The molecule has 0 atom stereocenters. The van der Waals surface area contributed by atoms with E-state index in [1.807, 2.05) is 17.5 Å². The van der Waals surface area contributed by atoms with Crippen molar-refractivity contribution in [1.82, 2.24) is 14.8 Å². The van der Waals surface area contributed by atoms with Gasteiger partial charge in [0.05, 0.1) is 24.6 Å². The highest BCUT2D eigenvalue weighted by molar-refractivity contribution is 7.91. The minimum Gasteiger partial charge on any atom is -0.379 e. The number of amides is 1. The number of aromatic nitrogens is 1. The Morgan fingerprint density at radius 2 is 2.07 bits per heavy atom. The largest absolute Gasteiger partial charge is 0.379 e. The van der Waals surface area contributed by atoms with Crippen LogP contribution in [0.2, 0.25) is 0 Å². The van der Waals surface area contributed by atoms with E-state index in [9.17, 15) is 13.2 Å². The lowest BCUT2D eigenvalue weighted by Gasteiger charge is -2.25. The van der Waals surface area contributed by atoms with Crippen molar-refractivity contribution in [2.45, 2.75) is 10.8 Å². The third-order valence-corrected chi connectivity index (χ3v) is 8.47. The van der Waals surface area contributed by atoms with E-state index in [0.29, 0.717) is 32.1 Å². The summed E-state index contributed by atoms with van der Waals surface area (Å²) in [4.78, 5) is 13.9. The maximum Gasteiger partial charge on any atom is 0.273 e. The second-order valence-corrected chi connectivity index (χ2v) is 10.3. The molecule has 11 heteroatoms. The molecule has 1 aliphatic rings. The Morgan fingerprint density at radius 1 is 1.25 bits per heavy atom. The molecule has 4 heterocycles. The Hall–Kier alpha value is -2.05. The predicted octanol–water partition coefficient (Wildman–Crippen LogP) is 2.42. The molecule has 0 aromatic carbocycles. The second kappa shape index (κ2) is 8.13. The Labute approximate surface area is 169 Å². The molecule has 0 saturated carbocycles. The number of carbonyl (C=O) groups excluding carboxylic acids is 1. The van der Waals surface area contributed by atoms with Crippen LogP contribution in [0.3, 0.4) is 0 Å². The van der Waals surface area contributed by atoms with Crippen LogP contribution in [0.5, 0.6) is 0 Å². The molecule has 3 aromatic heterocycles. The van der Waals surface area contributed by atoms with Crippen molar-refractivity contribution in [3.63, 3.8) is 0 Å². The Bertz CT molecular complexity index is 1050. The molecular formula is C17H17N3O5S3. The maximum atomic E-state index is 12.6. The zero-order valence-corrected chi connectivity index (χ0v) is 17.1. The fourth-order valence-corrected chi connectivity index (χ4v) is 6.21. The first-order chi connectivity index (χ1) is 13.5. The van der Waals surface area contributed by atoms with E-state index in [-0.39, 0.29) is 22.4 Å². The first kappa shape index (κ1) is 19.3. The lowest BCUT2D eigenvalue weighted by atomic mass is 10.3. The van der Waals surface area contributed by atoms with Gasteiger partial charge < -0.3 is 14.6 Å². The van der Waals surface area contributed by atoms with Crippen LogP contribution in [0.4, 0.5) is 0 Å². The Balaban J connectivity index is 1.38. The van der Waals surface area contributed by atoms with Gasteiger partial charge in [0.25, 0.3) is 15.9 Å². The molecule has 3 aromatic rings. The van der Waals surface area contributed by atoms with Gasteiger partial charge >= 0.3 is 0 Å². The van der Waals surface area contributed by atoms with Crippen molar-refractivity contribution in [2.24, 2.45) is 0 Å². The van der Waals surface area contributed by atoms with Crippen molar-refractivity contribution in [3.05, 3.63) is 46.3 Å². The van der Waals surface area contributed by atoms with Gasteiger partial charge in [-0.2, -0.15) is 4.31 Å². The summed E-state index contributed by atoms with van der Waals surface area (Å²) in [5.41, 5.74) is 0.182. The molecule has 1 saturated heterocycles. The van der Waals surface area contributed by atoms with Crippen molar-refractivity contribution < 1.29 is 22.5 Å². The quantitative estimate of drug-likeness (QED) is 0.633. The number of carbonyl (C=O) groups is 1. The zero-order valence-electron chi connectivity index (χ0n) is 14.7. The molecule has 0 aliphatic carbocycles. The van der Waals surface area contributed by atoms with Crippen LogP contribution < -0.4 is 5.32 Å². The first-order valence-corrected chi connectivity index (χ1v) is 11.6. The summed E-state index contributed by atoms with van der Waals surface area (Å²) in [5, 5.41) is 8.45. The summed E-state index contributed by atoms with van der Waals surface area (Å²) >= 11 is 2.64. The number of morpholine rings is 1. The van der Waals surface area contributed by atoms with Crippen LogP contribution in [-0.4, -0.2) is 50.1 Å². The van der Waals surface area contributed by atoms with Gasteiger partial charge in [-0.05, 0) is 23.6 Å². The fourth-order valence-electron chi connectivity index (χ4n) is 2.68. The molecule has 148 valence electrons. The average Bonchev–Trinajstić information content (AvgIpc) is 3.48. The summed E-state index contributed by atoms with van der Waals surface area (Å²) in [6.45, 7) is 1.72. The highest BCUT2D eigenvalue weighted by Crippen LogP contribution is 2.26. The molecule has 4 rings (SSSR count). The van der Waals surface area contributed by atoms with E-state index in [2.05, 4.69) is 10.5 Å². The highest BCUT2D eigenvalue weighted by atomic mass is 32.2. The predicted molar refractivity (Wildman–Crippen MR) is 105 cm³/mol. The van der Waals surface area contributed by atoms with Gasteiger partial charge in [-0.25, -0.2) is 8.42 Å². The number of thiophene rings is 2. The molecule has 1 amide bonds. The molecule has 0 unspecified atom stereocenters. The second-order valence-electron chi connectivity index (χ2n) is 5.97. The molecule has 1 N–H and O–H groups in total. The number of hydrogen-bond donors (Lipinski definition) is 1. The molecule has 1 fully saturated rings. The lowest BCUT2D eigenvalue weighted by Crippen LogP contribution is -2.40. The van der Waals surface area contributed by atoms with E-state index < -0.39 is 10.0 Å². The minimum absolute atomic E-state index is 0.182. The smallest absolute Gasteiger partial charge is 0.273 e. The van der Waals surface area contributed by atoms with Gasteiger partial charge in [0.15, 0.2) is 11.5 Å². The maximum absolute atomic E-state index is 12.6. The van der Waals surface area contributed by atoms with E-state index in [1.54, 1.807) is 18.2 Å². The standard InChI is InChI=1S/C17H17N3O5S3/c21-17(13-10-14(25-19-13)15-2-1-9-26-15)18-11-12-3-4-16(27-12)28(22,23)20-5-7-24-8-6-20/h1-4,9-10H,5-8,11H2,(H,18,21). The third kappa shape index (κ3) is 4.03. The van der Waals surface area contributed by atoms with Crippen LogP contribution in [0.15, 0.2) is 44.4 Å². The van der Waals surface area contributed by atoms with Crippen LogP contribution in [0.1, 0.15) is 15.4 Å². The van der Waals surface area contributed by atoms with Crippen LogP contribution in [0, 0.1) is 0 Å². The topological polar surface area (TPSA) is 102 Å². The molecule has 28 heavy (non-hydrogen) atoms. The number of ether oxygens (including phenoxy) is 1. The molecule has 0 bridgehead atoms. The summed E-state index contributed by atoms with van der Waals surface area (Å²) in [7, 11) is -3.52. The van der Waals surface area contributed by atoms with Gasteiger partial charge in [-0.15, -0.1) is 22.7 Å². The van der Waals surface area contributed by atoms with Crippen molar-refractivity contribution in [1.29, 1.82) is 0 Å².